The third-order valence-corrected chi connectivity index (χ3v) is 2.14. The summed E-state index contributed by atoms with van der Waals surface area (Å²) in [5.74, 6) is 0. The smallest absolute Gasteiger partial charge is 0.124 e. The van der Waals surface area contributed by atoms with Crippen molar-refractivity contribution in [1.82, 2.24) is 0 Å². The van der Waals surface area contributed by atoms with Crippen LogP contribution in [0.25, 0.3) is 0 Å². The van der Waals surface area contributed by atoms with Crippen molar-refractivity contribution in [2.45, 2.75) is 13.3 Å². The summed E-state index contributed by atoms with van der Waals surface area (Å²) in [4.78, 5) is 0. The normalized spacial score (nSPS) is 10.8. The van der Waals surface area contributed by atoms with Crippen molar-refractivity contribution in [2.75, 3.05) is 0 Å². The molecule has 1 N–H and O–H groups in total. The van der Waals surface area contributed by atoms with E-state index in [4.69, 9.17) is 23.2 Å². The Balaban J connectivity index is 3.04. The van der Waals surface area contributed by atoms with Crippen LogP contribution in [0.5, 0.6) is 0 Å². The fourth-order valence-corrected chi connectivity index (χ4v) is 1.31. The van der Waals surface area contributed by atoms with Crippen LogP contribution in [0, 0.1) is 6.10 Å². The monoisotopic (exact) mass is 203 g/mol. The molecule has 1 aromatic rings. The number of hydrogen-bond donors (Lipinski definition) is 1. The van der Waals surface area contributed by atoms with Gasteiger partial charge in [0.15, 0.2) is 0 Å². The van der Waals surface area contributed by atoms with Crippen molar-refractivity contribution in [3.8, 4) is 0 Å². The summed E-state index contributed by atoms with van der Waals surface area (Å²) >= 11 is 11.6. The van der Waals surface area contributed by atoms with Gasteiger partial charge < -0.3 is 5.11 Å². The molecule has 0 amide bonds. The molecular weight excluding hydrogens is 195 g/mol. The van der Waals surface area contributed by atoms with Crippen molar-refractivity contribution >= 4 is 23.2 Å². The second kappa shape index (κ2) is 4.13. The molecule has 1 rings (SSSR count). The van der Waals surface area contributed by atoms with Crippen molar-refractivity contribution in [3.63, 3.8) is 0 Å². The molecular formula is C9H9Cl2O. The van der Waals surface area contributed by atoms with Gasteiger partial charge in [0.2, 0.25) is 0 Å². The van der Waals surface area contributed by atoms with Crippen LogP contribution >= 0.6 is 23.2 Å². The number of aliphatic hydroxyl groups excluding tert-OH is 1. The first-order valence-corrected chi connectivity index (χ1v) is 4.41. The van der Waals surface area contributed by atoms with Crippen molar-refractivity contribution in [1.29, 1.82) is 0 Å². The molecule has 1 radical (unpaired) electrons. The molecule has 0 aromatic heterocycles. The molecule has 0 saturated heterocycles. The Morgan fingerprint density at radius 1 is 1.42 bits per heavy atom. The highest BCUT2D eigenvalue weighted by Crippen LogP contribution is 2.27. The Bertz CT molecular complexity index is 273. The fourth-order valence-electron chi connectivity index (χ4n) is 0.909. The molecule has 0 heterocycles. The maximum absolute atomic E-state index is 9.41. The molecule has 0 aliphatic heterocycles. The number of halogens is 2. The zero-order valence-corrected chi connectivity index (χ0v) is 8.15. The lowest BCUT2D eigenvalue weighted by Crippen LogP contribution is -1.96. The van der Waals surface area contributed by atoms with Crippen LogP contribution in [0.2, 0.25) is 10.0 Å². The highest BCUT2D eigenvalue weighted by atomic mass is 35.5. The molecule has 1 nitrogen and oxygen atoms in total. The van der Waals surface area contributed by atoms with E-state index in [0.29, 0.717) is 22.0 Å². The minimum absolute atomic E-state index is 0.266. The summed E-state index contributed by atoms with van der Waals surface area (Å²) in [5.41, 5.74) is 0.617. The van der Waals surface area contributed by atoms with Crippen LogP contribution in [0.15, 0.2) is 18.2 Å². The lowest BCUT2D eigenvalue weighted by atomic mass is 10.1. The third-order valence-electron chi connectivity index (χ3n) is 1.57. The van der Waals surface area contributed by atoms with E-state index in [1.807, 2.05) is 6.92 Å². The van der Waals surface area contributed by atoms with Crippen molar-refractivity contribution < 1.29 is 5.11 Å². The average Bonchev–Trinajstić information content (AvgIpc) is 2.08. The van der Waals surface area contributed by atoms with Gasteiger partial charge >= 0.3 is 0 Å². The first-order valence-electron chi connectivity index (χ1n) is 3.65. The molecule has 0 saturated carbocycles. The molecule has 0 aliphatic rings. The van der Waals surface area contributed by atoms with Gasteiger partial charge in [0.25, 0.3) is 0 Å². The Kier molecular flexibility index (Phi) is 3.39. The van der Waals surface area contributed by atoms with Crippen LogP contribution in [-0.2, 0) is 0 Å². The molecule has 12 heavy (non-hydrogen) atoms. The highest BCUT2D eigenvalue weighted by molar-refractivity contribution is 6.33. The van der Waals surface area contributed by atoms with Crippen LogP contribution in [-0.4, -0.2) is 5.11 Å². The first-order chi connectivity index (χ1) is 5.65. The van der Waals surface area contributed by atoms with Gasteiger partial charge in [-0.25, -0.2) is 0 Å². The summed E-state index contributed by atoms with van der Waals surface area (Å²) in [5, 5.41) is 10.5. The van der Waals surface area contributed by atoms with Gasteiger partial charge in [-0.2, -0.15) is 0 Å². The zero-order chi connectivity index (χ0) is 9.14. The van der Waals surface area contributed by atoms with E-state index in [2.05, 4.69) is 0 Å². The van der Waals surface area contributed by atoms with Crippen molar-refractivity contribution in [2.24, 2.45) is 0 Å². The number of rotatable bonds is 2. The zero-order valence-electron chi connectivity index (χ0n) is 6.64. The van der Waals surface area contributed by atoms with Gasteiger partial charge in [-0.05, 0) is 24.6 Å². The summed E-state index contributed by atoms with van der Waals surface area (Å²) in [7, 11) is 0. The summed E-state index contributed by atoms with van der Waals surface area (Å²) in [6.07, 6.45) is 0.822. The number of aliphatic hydroxyl groups is 1. The minimum atomic E-state index is 0.266. The predicted octanol–water partition coefficient (Wildman–Crippen LogP) is 3.66. The summed E-state index contributed by atoms with van der Waals surface area (Å²) < 4.78 is 0. The van der Waals surface area contributed by atoms with E-state index < -0.39 is 0 Å². The lowest BCUT2D eigenvalue weighted by Gasteiger charge is -2.08. The van der Waals surface area contributed by atoms with E-state index in [1.165, 1.54) is 0 Å². The molecule has 0 fully saturated rings. The minimum Gasteiger partial charge on any atom is -0.382 e. The topological polar surface area (TPSA) is 20.2 Å². The second-order valence-electron chi connectivity index (χ2n) is 2.42. The van der Waals surface area contributed by atoms with Gasteiger partial charge in [-0.1, -0.05) is 30.1 Å². The van der Waals surface area contributed by atoms with Crippen molar-refractivity contribution in [3.05, 3.63) is 39.9 Å². The average molecular weight is 204 g/mol. The standard InChI is InChI=1S/C9H9Cl2O/c1-2-9(12)7-5-6(10)3-4-8(7)11/h3-5,12H,2H2,1H3. The largest absolute Gasteiger partial charge is 0.382 e. The number of benzene rings is 1. The Morgan fingerprint density at radius 2 is 2.08 bits per heavy atom. The SMILES string of the molecule is CC[C](O)c1cc(Cl)ccc1Cl. The quantitative estimate of drug-likeness (QED) is 0.779. The first kappa shape index (κ1) is 9.85. The number of hydrogen-bond acceptors (Lipinski definition) is 1. The van der Waals surface area contributed by atoms with Gasteiger partial charge in [0, 0.05) is 15.6 Å². The van der Waals surface area contributed by atoms with E-state index in [-0.39, 0.29) is 6.10 Å². The maximum atomic E-state index is 9.41. The predicted molar refractivity (Wildman–Crippen MR) is 51.0 cm³/mol. The molecule has 0 atom stereocenters. The van der Waals surface area contributed by atoms with Crippen LogP contribution in [0.1, 0.15) is 18.9 Å². The maximum Gasteiger partial charge on any atom is 0.124 e. The molecule has 65 valence electrons. The Morgan fingerprint density at radius 3 is 2.67 bits per heavy atom. The van der Waals surface area contributed by atoms with Gasteiger partial charge in [0.05, 0.1) is 0 Å². The highest BCUT2D eigenvalue weighted by Gasteiger charge is 2.10. The van der Waals surface area contributed by atoms with Crippen LogP contribution in [0.3, 0.4) is 0 Å². The van der Waals surface area contributed by atoms with Gasteiger partial charge in [-0.3, -0.25) is 0 Å². The lowest BCUT2D eigenvalue weighted by molar-refractivity contribution is 0.319. The molecule has 1 aromatic carbocycles. The summed E-state index contributed by atoms with van der Waals surface area (Å²) in [6.45, 7) is 1.85. The second-order valence-corrected chi connectivity index (χ2v) is 3.27. The van der Waals surface area contributed by atoms with E-state index in [0.717, 1.165) is 0 Å². The van der Waals surface area contributed by atoms with E-state index in [1.54, 1.807) is 18.2 Å². The Hall–Kier alpha value is -0.240. The molecule has 0 aliphatic carbocycles. The Labute approximate surface area is 81.9 Å². The van der Waals surface area contributed by atoms with Gasteiger partial charge in [0.1, 0.15) is 6.10 Å². The third kappa shape index (κ3) is 2.13. The summed E-state index contributed by atoms with van der Waals surface area (Å²) in [6, 6.07) is 5.02. The molecule has 0 spiro atoms. The van der Waals surface area contributed by atoms with Gasteiger partial charge in [-0.15, -0.1) is 0 Å². The van der Waals surface area contributed by atoms with E-state index in [9.17, 15) is 5.11 Å². The van der Waals surface area contributed by atoms with Crippen LogP contribution in [0.4, 0.5) is 0 Å². The molecule has 0 bridgehead atoms. The fraction of sp³-hybridized carbons (Fsp3) is 0.222. The molecule has 3 heteroatoms. The molecule has 0 unspecified atom stereocenters. The van der Waals surface area contributed by atoms with E-state index >= 15 is 0 Å². The van der Waals surface area contributed by atoms with Crippen LogP contribution < -0.4 is 0 Å².